The summed E-state index contributed by atoms with van der Waals surface area (Å²) in [6.45, 7) is 3.44. The Morgan fingerprint density at radius 3 is 2.68 bits per heavy atom. The minimum atomic E-state index is -3.60. The van der Waals surface area contributed by atoms with Crippen molar-refractivity contribution in [1.82, 2.24) is 4.72 Å². The molecule has 0 aromatic heterocycles. The first kappa shape index (κ1) is 15.1. The molecule has 0 aliphatic carbocycles. The van der Waals surface area contributed by atoms with Crippen LogP contribution in [0.25, 0.3) is 0 Å². The van der Waals surface area contributed by atoms with E-state index in [1.807, 2.05) is 0 Å². The molecule has 0 saturated carbocycles. The Balaban J connectivity index is 2.95. The molecule has 0 saturated heterocycles. The average molecular weight is 281 g/mol. The number of amides is 1. The third-order valence-electron chi connectivity index (χ3n) is 2.06. The Bertz CT molecular complexity index is 603. The minimum absolute atomic E-state index is 0.0657. The van der Waals surface area contributed by atoms with Crippen LogP contribution in [-0.4, -0.2) is 20.4 Å². The fourth-order valence-electron chi connectivity index (χ4n) is 1.40. The van der Waals surface area contributed by atoms with E-state index in [-0.39, 0.29) is 17.4 Å². The van der Waals surface area contributed by atoms with Gasteiger partial charge < -0.3 is 5.32 Å². The molecule has 2 N–H and O–H groups in total. The molecule has 0 heterocycles. The molecular formula is C12H15N3O3S. The number of rotatable bonds is 5. The van der Waals surface area contributed by atoms with E-state index in [9.17, 15) is 13.2 Å². The van der Waals surface area contributed by atoms with E-state index in [2.05, 4.69) is 10.0 Å². The number of sulfonamides is 1. The third kappa shape index (κ3) is 4.69. The first-order valence-corrected chi connectivity index (χ1v) is 7.12. The largest absolute Gasteiger partial charge is 0.325 e. The molecule has 0 unspecified atom stereocenters. The van der Waals surface area contributed by atoms with Crippen LogP contribution in [-0.2, 0) is 14.8 Å². The van der Waals surface area contributed by atoms with Crippen molar-refractivity contribution in [2.45, 2.75) is 31.2 Å². The van der Waals surface area contributed by atoms with Gasteiger partial charge in [-0.15, -0.1) is 0 Å². The zero-order valence-electron chi connectivity index (χ0n) is 10.7. The maximum atomic E-state index is 11.9. The maximum Gasteiger partial charge on any atom is 0.240 e. The highest BCUT2D eigenvalue weighted by Crippen LogP contribution is 2.15. The molecule has 0 aliphatic heterocycles. The Labute approximate surface area is 112 Å². The molecule has 1 aromatic rings. The zero-order chi connectivity index (χ0) is 14.5. The van der Waals surface area contributed by atoms with Gasteiger partial charge in [0.15, 0.2) is 0 Å². The van der Waals surface area contributed by atoms with Gasteiger partial charge >= 0.3 is 0 Å². The van der Waals surface area contributed by atoms with Crippen LogP contribution in [0, 0.1) is 11.3 Å². The number of carbonyl (C=O) groups excluding carboxylic acids is 1. The van der Waals surface area contributed by atoms with Crippen LogP contribution in [0.5, 0.6) is 0 Å². The fraction of sp³-hybridized carbons (Fsp3) is 0.333. The van der Waals surface area contributed by atoms with Crippen molar-refractivity contribution in [2.75, 3.05) is 5.32 Å². The first-order chi connectivity index (χ1) is 8.85. The third-order valence-corrected chi connectivity index (χ3v) is 3.71. The summed E-state index contributed by atoms with van der Waals surface area (Å²) >= 11 is 0. The molecule has 1 amide bonds. The highest BCUT2D eigenvalue weighted by molar-refractivity contribution is 7.89. The van der Waals surface area contributed by atoms with E-state index in [4.69, 9.17) is 5.26 Å². The summed E-state index contributed by atoms with van der Waals surface area (Å²) in [5.74, 6) is -0.478. The molecule has 6 nitrogen and oxygen atoms in total. The SMILES string of the molecule is CC(C)NS(=O)(=O)c1cccc(NC(=O)CC#N)c1. The molecule has 7 heteroatoms. The molecule has 19 heavy (non-hydrogen) atoms. The molecule has 1 rings (SSSR count). The lowest BCUT2D eigenvalue weighted by Crippen LogP contribution is -2.30. The van der Waals surface area contributed by atoms with Gasteiger partial charge in [0, 0.05) is 11.7 Å². The lowest BCUT2D eigenvalue weighted by molar-refractivity contribution is -0.115. The number of nitriles is 1. The molecule has 0 spiro atoms. The molecule has 1 aromatic carbocycles. The van der Waals surface area contributed by atoms with Gasteiger partial charge in [-0.25, -0.2) is 13.1 Å². The lowest BCUT2D eigenvalue weighted by atomic mass is 10.3. The van der Waals surface area contributed by atoms with E-state index in [0.29, 0.717) is 5.69 Å². The van der Waals surface area contributed by atoms with Crippen LogP contribution < -0.4 is 10.0 Å². The summed E-state index contributed by atoms with van der Waals surface area (Å²) in [4.78, 5) is 11.3. The second-order valence-electron chi connectivity index (χ2n) is 4.19. The highest BCUT2D eigenvalue weighted by atomic mass is 32.2. The minimum Gasteiger partial charge on any atom is -0.325 e. The summed E-state index contributed by atoms with van der Waals surface area (Å²) in [5.41, 5.74) is 0.340. The number of nitrogens with zero attached hydrogens (tertiary/aromatic N) is 1. The van der Waals surface area contributed by atoms with E-state index in [1.165, 1.54) is 18.2 Å². The van der Waals surface area contributed by atoms with Crippen LogP contribution in [0.4, 0.5) is 5.69 Å². The van der Waals surface area contributed by atoms with Crippen LogP contribution in [0.15, 0.2) is 29.2 Å². The van der Waals surface area contributed by atoms with E-state index in [1.54, 1.807) is 26.0 Å². The van der Waals surface area contributed by atoms with Crippen molar-refractivity contribution < 1.29 is 13.2 Å². The number of carbonyl (C=O) groups is 1. The fourth-order valence-corrected chi connectivity index (χ4v) is 2.69. The van der Waals surface area contributed by atoms with Crippen molar-refractivity contribution in [3.05, 3.63) is 24.3 Å². The molecule has 0 radical (unpaired) electrons. The standard InChI is InChI=1S/C12H15N3O3S/c1-9(2)15-19(17,18)11-5-3-4-10(8-11)14-12(16)6-7-13/h3-5,8-9,15H,6H2,1-2H3,(H,14,16). The molecule has 0 aliphatic rings. The first-order valence-electron chi connectivity index (χ1n) is 5.64. The maximum absolute atomic E-state index is 11.9. The summed E-state index contributed by atoms with van der Waals surface area (Å²) in [7, 11) is -3.60. The predicted octanol–water partition coefficient (Wildman–Crippen LogP) is 1.23. The normalized spacial score (nSPS) is 11.1. The zero-order valence-corrected chi connectivity index (χ0v) is 11.5. The molecule has 102 valence electrons. The van der Waals surface area contributed by atoms with Crippen LogP contribution >= 0.6 is 0 Å². The van der Waals surface area contributed by atoms with E-state index >= 15 is 0 Å². The van der Waals surface area contributed by atoms with Crippen molar-refractivity contribution in [3.63, 3.8) is 0 Å². The van der Waals surface area contributed by atoms with Crippen molar-refractivity contribution in [3.8, 4) is 6.07 Å². The monoisotopic (exact) mass is 281 g/mol. The number of hydrogen-bond donors (Lipinski definition) is 2. The quantitative estimate of drug-likeness (QED) is 0.847. The Morgan fingerprint density at radius 2 is 2.11 bits per heavy atom. The Morgan fingerprint density at radius 1 is 1.42 bits per heavy atom. The van der Waals surface area contributed by atoms with Crippen molar-refractivity contribution in [2.24, 2.45) is 0 Å². The Hall–Kier alpha value is -1.91. The summed E-state index contributed by atoms with van der Waals surface area (Å²) in [6.07, 6.45) is -0.277. The van der Waals surface area contributed by atoms with Crippen molar-refractivity contribution >= 4 is 21.6 Å². The van der Waals surface area contributed by atoms with Crippen LogP contribution in [0.3, 0.4) is 0 Å². The lowest BCUT2D eigenvalue weighted by Gasteiger charge is -2.10. The number of hydrogen-bond acceptors (Lipinski definition) is 4. The van der Waals surface area contributed by atoms with Gasteiger partial charge in [0.05, 0.1) is 11.0 Å². The second kappa shape index (κ2) is 6.31. The smallest absolute Gasteiger partial charge is 0.240 e. The highest BCUT2D eigenvalue weighted by Gasteiger charge is 2.15. The molecule has 0 atom stereocenters. The second-order valence-corrected chi connectivity index (χ2v) is 5.90. The van der Waals surface area contributed by atoms with Crippen LogP contribution in [0.2, 0.25) is 0 Å². The number of nitrogens with one attached hydrogen (secondary N) is 2. The average Bonchev–Trinajstić information content (AvgIpc) is 2.27. The van der Waals surface area contributed by atoms with Gasteiger partial charge in [-0.2, -0.15) is 5.26 Å². The summed E-state index contributed by atoms with van der Waals surface area (Å²) in [6, 6.07) is 7.36. The summed E-state index contributed by atoms with van der Waals surface area (Å²) in [5, 5.41) is 10.8. The molecule has 0 bridgehead atoms. The van der Waals surface area contributed by atoms with Gasteiger partial charge in [0.2, 0.25) is 15.9 Å². The van der Waals surface area contributed by atoms with Crippen molar-refractivity contribution in [1.29, 1.82) is 5.26 Å². The van der Waals surface area contributed by atoms with E-state index in [0.717, 1.165) is 0 Å². The van der Waals surface area contributed by atoms with Gasteiger partial charge in [-0.05, 0) is 32.0 Å². The molecule has 0 fully saturated rings. The number of benzene rings is 1. The Kier molecular flexibility index (Phi) is 5.03. The van der Waals surface area contributed by atoms with E-state index < -0.39 is 15.9 Å². The molecular weight excluding hydrogens is 266 g/mol. The van der Waals surface area contributed by atoms with Gasteiger partial charge in [-0.3, -0.25) is 4.79 Å². The van der Waals surface area contributed by atoms with Crippen LogP contribution in [0.1, 0.15) is 20.3 Å². The predicted molar refractivity (Wildman–Crippen MR) is 70.8 cm³/mol. The topological polar surface area (TPSA) is 99.1 Å². The van der Waals surface area contributed by atoms with Gasteiger partial charge in [0.1, 0.15) is 6.42 Å². The van der Waals surface area contributed by atoms with Gasteiger partial charge in [0.25, 0.3) is 0 Å². The summed E-state index contributed by atoms with van der Waals surface area (Å²) < 4.78 is 26.3. The number of anilines is 1. The van der Waals surface area contributed by atoms with Gasteiger partial charge in [-0.1, -0.05) is 6.07 Å².